The number of rotatable bonds is 5. The summed E-state index contributed by atoms with van der Waals surface area (Å²) in [6.45, 7) is 7.14. The van der Waals surface area contributed by atoms with Gasteiger partial charge in [-0.15, -0.1) is 0 Å². The van der Waals surface area contributed by atoms with E-state index in [4.69, 9.17) is 9.26 Å². The topological polar surface area (TPSA) is 78.3 Å². The number of hydrogen-bond acceptors (Lipinski definition) is 6. The zero-order valence-electron chi connectivity index (χ0n) is 12.3. The normalized spacial score (nSPS) is 11.4. The maximum Gasteiger partial charge on any atom is 0.229 e. The lowest BCUT2D eigenvalue weighted by atomic mass is 10.3. The fourth-order valence-electron chi connectivity index (χ4n) is 2.20. The van der Waals surface area contributed by atoms with Gasteiger partial charge in [0.05, 0.1) is 24.8 Å². The number of nitrogens with zero attached hydrogens (tertiary/aromatic N) is 5. The van der Waals surface area contributed by atoms with E-state index in [1.54, 1.807) is 10.7 Å². The SMILES string of the molecule is CCOCCc1nc(-c2cnn3c(C)cc(C)nc23)no1. The molecule has 0 fully saturated rings. The first kappa shape index (κ1) is 13.7. The summed E-state index contributed by atoms with van der Waals surface area (Å²) in [7, 11) is 0. The predicted molar refractivity (Wildman–Crippen MR) is 76.0 cm³/mol. The molecule has 3 aromatic heterocycles. The predicted octanol–water partition coefficient (Wildman–Crippen LogP) is 1.98. The molecule has 0 spiro atoms. The summed E-state index contributed by atoms with van der Waals surface area (Å²) in [5, 5.41) is 8.34. The molecule has 7 heteroatoms. The van der Waals surface area contributed by atoms with Gasteiger partial charge in [-0.1, -0.05) is 5.16 Å². The highest BCUT2D eigenvalue weighted by atomic mass is 16.5. The minimum absolute atomic E-state index is 0.508. The summed E-state index contributed by atoms with van der Waals surface area (Å²) < 4.78 is 12.3. The van der Waals surface area contributed by atoms with Crippen LogP contribution in [0, 0.1) is 13.8 Å². The molecule has 7 nitrogen and oxygen atoms in total. The van der Waals surface area contributed by atoms with Gasteiger partial charge in [-0.2, -0.15) is 10.1 Å². The van der Waals surface area contributed by atoms with Crippen LogP contribution in [0.4, 0.5) is 0 Å². The summed E-state index contributed by atoms with van der Waals surface area (Å²) in [6.07, 6.45) is 2.32. The number of hydrogen-bond donors (Lipinski definition) is 0. The second-order valence-corrected chi connectivity index (χ2v) is 4.79. The molecule has 0 N–H and O–H groups in total. The van der Waals surface area contributed by atoms with E-state index < -0.39 is 0 Å². The lowest BCUT2D eigenvalue weighted by molar-refractivity contribution is 0.144. The summed E-state index contributed by atoms with van der Waals surface area (Å²) >= 11 is 0. The van der Waals surface area contributed by atoms with Gasteiger partial charge in [0.2, 0.25) is 11.7 Å². The molecule has 0 aliphatic carbocycles. The number of ether oxygens (including phenoxy) is 1. The van der Waals surface area contributed by atoms with E-state index >= 15 is 0 Å². The third-order valence-corrected chi connectivity index (χ3v) is 3.15. The van der Waals surface area contributed by atoms with Crippen molar-refractivity contribution in [1.29, 1.82) is 0 Å². The van der Waals surface area contributed by atoms with Gasteiger partial charge in [-0.05, 0) is 26.8 Å². The van der Waals surface area contributed by atoms with Gasteiger partial charge in [0.1, 0.15) is 0 Å². The second kappa shape index (κ2) is 5.61. The molecule has 0 atom stereocenters. The van der Waals surface area contributed by atoms with Crippen LogP contribution < -0.4 is 0 Å². The van der Waals surface area contributed by atoms with Crippen molar-refractivity contribution in [3.05, 3.63) is 29.5 Å². The van der Waals surface area contributed by atoms with Crippen LogP contribution in [0.1, 0.15) is 24.2 Å². The van der Waals surface area contributed by atoms with Gasteiger partial charge < -0.3 is 9.26 Å². The van der Waals surface area contributed by atoms with Gasteiger partial charge in [0.25, 0.3) is 0 Å². The molecule has 3 rings (SSSR count). The minimum atomic E-state index is 0.508. The molecule has 3 heterocycles. The van der Waals surface area contributed by atoms with Crippen molar-refractivity contribution in [3.63, 3.8) is 0 Å². The van der Waals surface area contributed by atoms with Gasteiger partial charge in [-0.3, -0.25) is 0 Å². The van der Waals surface area contributed by atoms with Crippen LogP contribution in [0.5, 0.6) is 0 Å². The number of fused-ring (bicyclic) bond motifs is 1. The highest BCUT2D eigenvalue weighted by molar-refractivity contribution is 5.72. The molecule has 0 saturated carbocycles. The monoisotopic (exact) mass is 287 g/mol. The third-order valence-electron chi connectivity index (χ3n) is 3.15. The highest BCUT2D eigenvalue weighted by Crippen LogP contribution is 2.21. The highest BCUT2D eigenvalue weighted by Gasteiger charge is 2.15. The van der Waals surface area contributed by atoms with Crippen molar-refractivity contribution in [2.75, 3.05) is 13.2 Å². The van der Waals surface area contributed by atoms with E-state index in [2.05, 4.69) is 20.2 Å². The first-order chi connectivity index (χ1) is 10.2. The molecular weight excluding hydrogens is 270 g/mol. The average molecular weight is 287 g/mol. The Balaban J connectivity index is 1.94. The van der Waals surface area contributed by atoms with Crippen LogP contribution in [0.2, 0.25) is 0 Å². The third kappa shape index (κ3) is 2.64. The van der Waals surface area contributed by atoms with Crippen LogP contribution in [-0.4, -0.2) is 38.0 Å². The van der Waals surface area contributed by atoms with Crippen LogP contribution >= 0.6 is 0 Å². The molecule has 0 radical (unpaired) electrons. The Labute approximate surface area is 122 Å². The first-order valence-electron chi connectivity index (χ1n) is 6.91. The van der Waals surface area contributed by atoms with Crippen molar-refractivity contribution in [2.24, 2.45) is 0 Å². The number of aryl methyl sites for hydroxylation is 2. The van der Waals surface area contributed by atoms with Crippen molar-refractivity contribution >= 4 is 5.65 Å². The lowest BCUT2D eigenvalue weighted by Crippen LogP contribution is -1.98. The van der Waals surface area contributed by atoms with E-state index in [9.17, 15) is 0 Å². The Bertz CT molecular complexity index is 762. The van der Waals surface area contributed by atoms with Crippen LogP contribution in [-0.2, 0) is 11.2 Å². The zero-order chi connectivity index (χ0) is 14.8. The second-order valence-electron chi connectivity index (χ2n) is 4.79. The lowest BCUT2D eigenvalue weighted by Gasteiger charge is -2.00. The number of aromatic nitrogens is 5. The summed E-state index contributed by atoms with van der Waals surface area (Å²) in [4.78, 5) is 8.89. The molecule has 0 saturated heterocycles. The largest absolute Gasteiger partial charge is 0.381 e. The van der Waals surface area contributed by atoms with E-state index in [1.807, 2.05) is 26.8 Å². The molecule has 0 aromatic carbocycles. The fraction of sp³-hybridized carbons (Fsp3) is 0.429. The van der Waals surface area contributed by atoms with Crippen LogP contribution in [0.3, 0.4) is 0 Å². The molecule has 0 amide bonds. The van der Waals surface area contributed by atoms with Crippen LogP contribution in [0.25, 0.3) is 17.0 Å². The van der Waals surface area contributed by atoms with Crippen molar-refractivity contribution < 1.29 is 9.26 Å². The summed E-state index contributed by atoms with van der Waals surface area (Å²) in [5.74, 6) is 1.07. The molecule has 0 aliphatic heterocycles. The minimum Gasteiger partial charge on any atom is -0.381 e. The molecule has 0 unspecified atom stereocenters. The molecule has 110 valence electrons. The van der Waals surface area contributed by atoms with Gasteiger partial charge >= 0.3 is 0 Å². The van der Waals surface area contributed by atoms with Crippen molar-refractivity contribution in [3.8, 4) is 11.4 Å². The quantitative estimate of drug-likeness (QED) is 0.668. The molecule has 0 bridgehead atoms. The van der Waals surface area contributed by atoms with Gasteiger partial charge in [0.15, 0.2) is 5.65 Å². The summed E-state index contributed by atoms with van der Waals surface area (Å²) in [5.41, 5.74) is 3.46. The van der Waals surface area contributed by atoms with E-state index in [0.717, 1.165) is 22.6 Å². The van der Waals surface area contributed by atoms with Crippen LogP contribution in [0.15, 0.2) is 16.8 Å². The smallest absolute Gasteiger partial charge is 0.229 e. The molecule has 3 aromatic rings. The molecular formula is C14H17N5O2. The van der Waals surface area contributed by atoms with E-state index in [-0.39, 0.29) is 0 Å². The fourth-order valence-corrected chi connectivity index (χ4v) is 2.20. The van der Waals surface area contributed by atoms with Gasteiger partial charge in [0, 0.05) is 18.0 Å². The Kier molecular flexibility index (Phi) is 3.66. The maximum absolute atomic E-state index is 5.28. The summed E-state index contributed by atoms with van der Waals surface area (Å²) in [6, 6.07) is 1.98. The standard InChI is InChI=1S/C14H17N5O2/c1-4-20-6-5-12-17-13(18-21-12)11-8-15-19-10(3)7-9(2)16-14(11)19/h7-8H,4-6H2,1-3H3. The first-order valence-corrected chi connectivity index (χ1v) is 6.91. The van der Waals surface area contributed by atoms with E-state index in [0.29, 0.717) is 31.3 Å². The Morgan fingerprint density at radius 2 is 2.14 bits per heavy atom. The average Bonchev–Trinajstić information content (AvgIpc) is 3.05. The van der Waals surface area contributed by atoms with Crippen molar-refractivity contribution in [1.82, 2.24) is 24.7 Å². The van der Waals surface area contributed by atoms with Gasteiger partial charge in [-0.25, -0.2) is 9.50 Å². The Morgan fingerprint density at radius 1 is 1.29 bits per heavy atom. The van der Waals surface area contributed by atoms with E-state index in [1.165, 1.54) is 0 Å². The van der Waals surface area contributed by atoms with Crippen molar-refractivity contribution in [2.45, 2.75) is 27.2 Å². The maximum atomic E-state index is 5.28. The molecule has 0 aliphatic rings. The Morgan fingerprint density at radius 3 is 2.95 bits per heavy atom. The molecule has 21 heavy (non-hydrogen) atoms. The zero-order valence-corrected chi connectivity index (χ0v) is 12.3. The Hall–Kier alpha value is -2.28.